The molecule has 0 unspecified atom stereocenters. The fraction of sp³-hybridized carbons (Fsp3) is 0.267. The molecule has 0 spiro atoms. The van der Waals surface area contributed by atoms with Gasteiger partial charge in [-0.05, 0) is 70.9 Å². The molecular formula is C45H45N17O2S2. The highest BCUT2D eigenvalue weighted by Gasteiger charge is 2.24. The molecule has 0 aromatic carbocycles. The Labute approximate surface area is 386 Å². The average Bonchev–Trinajstić information content (AvgIpc) is 4.17. The van der Waals surface area contributed by atoms with E-state index >= 15 is 0 Å². The summed E-state index contributed by atoms with van der Waals surface area (Å²) in [7, 11) is 5.08. The maximum Gasteiger partial charge on any atom is 0.218 e. The molecule has 10 aromatic heterocycles. The molecule has 334 valence electrons. The van der Waals surface area contributed by atoms with Gasteiger partial charge in [0.05, 0.1) is 41.3 Å². The van der Waals surface area contributed by atoms with Crippen molar-refractivity contribution in [2.45, 2.75) is 60.2 Å². The van der Waals surface area contributed by atoms with Crippen molar-refractivity contribution in [2.24, 2.45) is 7.05 Å². The molecule has 2 N–H and O–H groups in total. The van der Waals surface area contributed by atoms with E-state index in [4.69, 9.17) is 54.6 Å². The van der Waals surface area contributed by atoms with Crippen LogP contribution in [-0.2, 0) is 13.6 Å². The van der Waals surface area contributed by atoms with Crippen molar-refractivity contribution in [1.82, 2.24) is 73.6 Å². The number of methoxy groups -OCH3 is 2. The minimum absolute atomic E-state index is 0.210. The lowest BCUT2D eigenvalue weighted by atomic mass is 10.1. The number of rotatable bonds is 14. The Morgan fingerprint density at radius 1 is 0.621 bits per heavy atom. The summed E-state index contributed by atoms with van der Waals surface area (Å²) in [4.78, 5) is 47.5. The van der Waals surface area contributed by atoms with E-state index in [1.54, 1.807) is 61.4 Å². The second-order valence-corrected chi connectivity index (χ2v) is 18.1. The van der Waals surface area contributed by atoms with Crippen molar-refractivity contribution < 1.29 is 9.47 Å². The summed E-state index contributed by atoms with van der Waals surface area (Å²) in [6.07, 6.45) is 11.1. The van der Waals surface area contributed by atoms with Gasteiger partial charge >= 0.3 is 0 Å². The number of aromatic nitrogens is 15. The van der Waals surface area contributed by atoms with Gasteiger partial charge in [-0.25, -0.2) is 34.9 Å². The summed E-state index contributed by atoms with van der Waals surface area (Å²) in [5.74, 6) is 5.43. The van der Waals surface area contributed by atoms with Gasteiger partial charge in [-0.15, -0.1) is 22.7 Å². The zero-order chi connectivity index (χ0) is 45.8. The standard InChI is InChI=1S/C45H45N17O2S2/c1-23(2)61-17-13-27(57-61)36-25(5)34-38(51-29-11-10-12-32(49-29)63-8)54-41(56-45(34)66-36)43-47-16-20-60(43)22-31-48-30(21-33(50-31)64-9)52-39-35-26(6)37(28-14-18-62(58-28)24(3)4)65-44(35)55-40(53-39)42-46-15-19-59(42)7/h10-21,23-24H,22H2,1-9H3,(H,49,51,54,56)(H,48,50,52,53,55). The van der Waals surface area contributed by atoms with Crippen LogP contribution in [0.1, 0.15) is 56.7 Å². The summed E-state index contributed by atoms with van der Waals surface area (Å²) in [5.41, 5.74) is 3.72. The van der Waals surface area contributed by atoms with E-state index in [1.165, 1.54) is 0 Å². The Kier molecular flexibility index (Phi) is 10.9. The number of anilines is 4. The molecule has 0 bridgehead atoms. The summed E-state index contributed by atoms with van der Waals surface area (Å²) in [6.45, 7) is 12.8. The van der Waals surface area contributed by atoms with Gasteiger partial charge in [0.15, 0.2) is 29.1 Å². The van der Waals surface area contributed by atoms with Gasteiger partial charge in [0.2, 0.25) is 11.8 Å². The van der Waals surface area contributed by atoms with E-state index in [-0.39, 0.29) is 18.6 Å². The number of aryl methyl sites for hydroxylation is 3. The average molecular weight is 920 g/mol. The van der Waals surface area contributed by atoms with Crippen LogP contribution in [0.25, 0.3) is 64.9 Å². The monoisotopic (exact) mass is 919 g/mol. The van der Waals surface area contributed by atoms with Gasteiger partial charge in [0.25, 0.3) is 0 Å². The SMILES string of the molecule is COc1cccc(Nc2nc(-c3nccn3Cc3nc(Nc4nc(-c5nccn5C)nc5sc(-c6ccn(C(C)C)n6)c(C)c45)cc(OC)n3)nc3sc(-c4ccn(C(C)C)n4)c(C)c23)n1. The lowest BCUT2D eigenvalue weighted by Gasteiger charge is -2.13. The minimum Gasteiger partial charge on any atom is -0.481 e. The molecule has 0 radical (unpaired) electrons. The summed E-state index contributed by atoms with van der Waals surface area (Å²) < 4.78 is 18.9. The molecule has 0 saturated carbocycles. The maximum atomic E-state index is 5.74. The van der Waals surface area contributed by atoms with E-state index in [2.05, 4.69) is 62.1 Å². The third kappa shape index (κ3) is 7.84. The molecule has 0 aliphatic carbocycles. The molecule has 10 heterocycles. The first-order valence-corrected chi connectivity index (χ1v) is 22.8. The van der Waals surface area contributed by atoms with Crippen LogP contribution in [0.3, 0.4) is 0 Å². The number of hydrogen-bond acceptors (Lipinski definition) is 17. The number of nitrogens with zero attached hydrogens (tertiary/aromatic N) is 15. The number of thiophene rings is 2. The lowest BCUT2D eigenvalue weighted by molar-refractivity contribution is 0.394. The van der Waals surface area contributed by atoms with Gasteiger partial charge in [-0.1, -0.05) is 6.07 Å². The van der Waals surface area contributed by atoms with Crippen LogP contribution in [0, 0.1) is 13.8 Å². The quantitative estimate of drug-likeness (QED) is 0.104. The fourth-order valence-electron chi connectivity index (χ4n) is 7.57. The van der Waals surface area contributed by atoms with Crippen molar-refractivity contribution in [3.05, 3.63) is 90.5 Å². The molecule has 0 aliphatic heterocycles. The molecule has 21 heteroatoms. The van der Waals surface area contributed by atoms with Crippen molar-refractivity contribution in [2.75, 3.05) is 24.9 Å². The number of ether oxygens (including phenoxy) is 2. The highest BCUT2D eigenvalue weighted by Crippen LogP contribution is 2.43. The highest BCUT2D eigenvalue weighted by atomic mass is 32.1. The normalized spacial score (nSPS) is 11.7. The molecule has 19 nitrogen and oxygen atoms in total. The smallest absolute Gasteiger partial charge is 0.218 e. The van der Waals surface area contributed by atoms with Gasteiger partial charge in [-0.2, -0.15) is 20.2 Å². The summed E-state index contributed by atoms with van der Waals surface area (Å²) >= 11 is 3.11. The number of nitrogens with one attached hydrogen (secondary N) is 2. The number of fused-ring (bicyclic) bond motifs is 2. The van der Waals surface area contributed by atoms with Crippen LogP contribution in [0.2, 0.25) is 0 Å². The van der Waals surface area contributed by atoms with Crippen LogP contribution in [-0.4, -0.2) is 87.8 Å². The van der Waals surface area contributed by atoms with Crippen molar-refractivity contribution in [3.8, 4) is 56.2 Å². The van der Waals surface area contributed by atoms with Crippen molar-refractivity contribution in [1.29, 1.82) is 0 Å². The van der Waals surface area contributed by atoms with Gasteiger partial charge in [0, 0.05) is 68.4 Å². The number of imidazole rings is 2. The van der Waals surface area contributed by atoms with E-state index in [0.29, 0.717) is 64.2 Å². The lowest BCUT2D eigenvalue weighted by Crippen LogP contribution is -2.10. The topological polar surface area (TPSA) is 204 Å². The molecule has 0 aliphatic rings. The Hall–Kier alpha value is -7.65. The first kappa shape index (κ1) is 42.3. The van der Waals surface area contributed by atoms with E-state index in [9.17, 15) is 0 Å². The van der Waals surface area contributed by atoms with E-state index < -0.39 is 0 Å². The first-order chi connectivity index (χ1) is 31.9. The van der Waals surface area contributed by atoms with Gasteiger partial charge in [-0.3, -0.25) is 9.36 Å². The number of pyridine rings is 1. The fourth-order valence-corrected chi connectivity index (χ4v) is 9.86. The molecule has 0 amide bonds. The van der Waals surface area contributed by atoms with E-state index in [0.717, 1.165) is 52.7 Å². The van der Waals surface area contributed by atoms with Crippen LogP contribution in [0.4, 0.5) is 23.3 Å². The zero-order valence-electron chi connectivity index (χ0n) is 37.6. The Morgan fingerprint density at radius 3 is 1.76 bits per heavy atom. The highest BCUT2D eigenvalue weighted by molar-refractivity contribution is 7.22. The van der Waals surface area contributed by atoms with Crippen LogP contribution >= 0.6 is 22.7 Å². The van der Waals surface area contributed by atoms with E-state index in [1.807, 2.05) is 74.6 Å². The zero-order valence-corrected chi connectivity index (χ0v) is 39.3. The largest absolute Gasteiger partial charge is 0.481 e. The third-order valence-electron chi connectivity index (χ3n) is 11.0. The molecule has 0 atom stereocenters. The van der Waals surface area contributed by atoms with Crippen LogP contribution in [0.5, 0.6) is 11.8 Å². The van der Waals surface area contributed by atoms with Gasteiger partial charge < -0.3 is 29.2 Å². The minimum atomic E-state index is 0.210. The maximum absolute atomic E-state index is 5.74. The Morgan fingerprint density at radius 2 is 1.20 bits per heavy atom. The molecule has 66 heavy (non-hydrogen) atoms. The first-order valence-electron chi connectivity index (χ1n) is 21.1. The van der Waals surface area contributed by atoms with Gasteiger partial charge in [0.1, 0.15) is 44.3 Å². The predicted octanol–water partition coefficient (Wildman–Crippen LogP) is 9.20. The predicted molar refractivity (Wildman–Crippen MR) is 256 cm³/mol. The second-order valence-electron chi connectivity index (χ2n) is 16.1. The molecule has 10 rings (SSSR count). The summed E-state index contributed by atoms with van der Waals surface area (Å²) in [6, 6.07) is 11.8. The van der Waals surface area contributed by atoms with Crippen LogP contribution in [0.15, 0.2) is 73.6 Å². The number of hydrogen-bond donors (Lipinski definition) is 2. The molecule has 0 fully saturated rings. The Bertz CT molecular complexity index is 3410. The van der Waals surface area contributed by atoms with Crippen molar-refractivity contribution in [3.63, 3.8) is 0 Å². The van der Waals surface area contributed by atoms with Crippen molar-refractivity contribution >= 4 is 66.4 Å². The molecular weight excluding hydrogens is 875 g/mol. The second kappa shape index (κ2) is 17.0. The molecule has 10 aromatic rings. The van der Waals surface area contributed by atoms with Crippen LogP contribution < -0.4 is 20.1 Å². The third-order valence-corrected chi connectivity index (χ3v) is 13.4. The Balaban J connectivity index is 1.03. The molecule has 0 saturated heterocycles. The summed E-state index contributed by atoms with van der Waals surface area (Å²) in [5, 5.41) is 18.4.